The Balaban J connectivity index is 1.81. The van der Waals surface area contributed by atoms with E-state index in [4.69, 9.17) is 9.47 Å². The minimum absolute atomic E-state index is 0.152. The molecule has 5 heteroatoms. The van der Waals surface area contributed by atoms with E-state index in [1.165, 1.54) is 0 Å². The van der Waals surface area contributed by atoms with Gasteiger partial charge in [0.2, 0.25) is 0 Å². The molecular weight excluding hydrogens is 191 g/mol. The molecule has 2 heterocycles. The van der Waals surface area contributed by atoms with Gasteiger partial charge in [-0.1, -0.05) is 0 Å². The zero-order chi connectivity index (χ0) is 9.26. The number of ether oxygens (including phenoxy) is 2. The van der Waals surface area contributed by atoms with Crippen LogP contribution >= 0.6 is 7.92 Å². The predicted molar refractivity (Wildman–Crippen MR) is 47.7 cm³/mol. The molecule has 2 fully saturated rings. The zero-order valence-corrected chi connectivity index (χ0v) is 8.20. The van der Waals surface area contributed by atoms with E-state index >= 15 is 0 Å². The average molecular weight is 204 g/mol. The van der Waals surface area contributed by atoms with E-state index < -0.39 is 6.10 Å². The van der Waals surface area contributed by atoms with Crippen LogP contribution in [0.15, 0.2) is 0 Å². The second-order valence-corrected chi connectivity index (χ2v) is 5.67. The van der Waals surface area contributed by atoms with Crippen molar-refractivity contribution < 1.29 is 19.4 Å². The molecule has 0 aromatic heterocycles. The maximum atomic E-state index is 11.1. The number of carbonyl (C=O) groups excluding carboxylic acids is 1. The second kappa shape index (κ2) is 3.91. The Labute approximate surface area is 78.0 Å². The Hall–Kier alpha value is -0.180. The van der Waals surface area contributed by atoms with Gasteiger partial charge in [0.05, 0.1) is 31.3 Å². The molecular formula is C8H13O4P. The molecule has 1 N–H and O–H groups in total. The summed E-state index contributed by atoms with van der Waals surface area (Å²) in [6, 6.07) is 0. The van der Waals surface area contributed by atoms with Gasteiger partial charge in [-0.3, -0.25) is 4.79 Å². The van der Waals surface area contributed by atoms with Crippen LogP contribution in [-0.4, -0.2) is 42.6 Å². The molecule has 0 radical (unpaired) electrons. The lowest BCUT2D eigenvalue weighted by atomic mass is 10.0. The molecule has 0 aromatic rings. The SMILES string of the molecule is O=C1OCC[C@H]1[C@H](O)CP1COC1. The number of carbonyl (C=O) groups is 1. The monoisotopic (exact) mass is 204 g/mol. The van der Waals surface area contributed by atoms with Gasteiger partial charge in [-0.25, -0.2) is 0 Å². The summed E-state index contributed by atoms with van der Waals surface area (Å²) in [5, 5.41) is 9.71. The predicted octanol–water partition coefficient (Wildman–Crippen LogP) is 0.337. The van der Waals surface area contributed by atoms with Gasteiger partial charge in [-0.05, 0) is 20.5 Å². The van der Waals surface area contributed by atoms with Gasteiger partial charge in [0, 0.05) is 0 Å². The fourth-order valence-corrected chi connectivity index (χ4v) is 3.01. The van der Waals surface area contributed by atoms with Crippen molar-refractivity contribution in [1.82, 2.24) is 0 Å². The van der Waals surface area contributed by atoms with Gasteiger partial charge >= 0.3 is 5.97 Å². The van der Waals surface area contributed by atoms with E-state index in [1.54, 1.807) is 0 Å². The molecule has 2 atom stereocenters. The topological polar surface area (TPSA) is 55.8 Å². The molecule has 0 aliphatic carbocycles. The molecule has 2 aliphatic heterocycles. The lowest BCUT2D eigenvalue weighted by Gasteiger charge is -2.29. The summed E-state index contributed by atoms with van der Waals surface area (Å²) in [5.74, 6) is -0.507. The van der Waals surface area contributed by atoms with Crippen molar-refractivity contribution in [3.05, 3.63) is 0 Å². The third-order valence-electron chi connectivity index (χ3n) is 2.43. The van der Waals surface area contributed by atoms with Crippen LogP contribution in [-0.2, 0) is 14.3 Å². The summed E-state index contributed by atoms with van der Waals surface area (Å²) in [5.41, 5.74) is 0. The fraction of sp³-hybridized carbons (Fsp3) is 0.875. The molecule has 0 amide bonds. The van der Waals surface area contributed by atoms with E-state index in [0.717, 1.165) is 18.9 Å². The summed E-state index contributed by atoms with van der Waals surface area (Å²) in [6.45, 7) is 0.467. The molecule has 74 valence electrons. The summed E-state index contributed by atoms with van der Waals surface area (Å²) in [6.07, 6.45) is 2.46. The Morgan fingerprint density at radius 3 is 2.85 bits per heavy atom. The van der Waals surface area contributed by atoms with Gasteiger partial charge in [-0.15, -0.1) is 0 Å². The third-order valence-corrected chi connectivity index (χ3v) is 4.42. The highest BCUT2D eigenvalue weighted by atomic mass is 31.1. The summed E-state index contributed by atoms with van der Waals surface area (Å²) in [7, 11) is -0.152. The Kier molecular flexibility index (Phi) is 2.82. The standard InChI is InChI=1S/C8H13O4P/c9-7(3-13-4-11-5-13)6-1-2-12-8(6)10/h6-7,9H,1-5H2/t6-,7+/m0/s1. The van der Waals surface area contributed by atoms with E-state index in [9.17, 15) is 9.90 Å². The second-order valence-electron chi connectivity index (χ2n) is 3.45. The van der Waals surface area contributed by atoms with Crippen molar-refractivity contribution in [2.75, 3.05) is 25.5 Å². The molecule has 2 saturated heterocycles. The maximum Gasteiger partial charge on any atom is 0.311 e. The van der Waals surface area contributed by atoms with Gasteiger partial charge in [0.25, 0.3) is 0 Å². The Bertz CT molecular complexity index is 204. The quantitative estimate of drug-likeness (QED) is 0.532. The molecule has 2 aliphatic rings. The molecule has 0 unspecified atom stereocenters. The summed E-state index contributed by atoms with van der Waals surface area (Å²) >= 11 is 0. The van der Waals surface area contributed by atoms with Crippen LogP contribution in [0, 0.1) is 5.92 Å². The lowest BCUT2D eigenvalue weighted by Crippen LogP contribution is -2.29. The third kappa shape index (κ3) is 2.01. The van der Waals surface area contributed by atoms with Crippen LogP contribution in [0.2, 0.25) is 0 Å². The molecule has 0 spiro atoms. The first-order valence-corrected chi connectivity index (χ1v) is 6.32. The fourth-order valence-electron chi connectivity index (χ4n) is 1.58. The largest absolute Gasteiger partial charge is 0.465 e. The van der Waals surface area contributed by atoms with Crippen LogP contribution in [0.5, 0.6) is 0 Å². The van der Waals surface area contributed by atoms with Crippen molar-refractivity contribution in [3.63, 3.8) is 0 Å². The van der Waals surface area contributed by atoms with Crippen LogP contribution in [0.3, 0.4) is 0 Å². The van der Waals surface area contributed by atoms with Gasteiger partial charge in [-0.2, -0.15) is 0 Å². The minimum Gasteiger partial charge on any atom is -0.465 e. The van der Waals surface area contributed by atoms with E-state index in [1.807, 2.05) is 0 Å². The molecule has 4 nitrogen and oxygen atoms in total. The summed E-state index contributed by atoms with van der Waals surface area (Å²) in [4.78, 5) is 11.1. The minimum atomic E-state index is -0.509. The maximum absolute atomic E-state index is 11.1. The van der Waals surface area contributed by atoms with Crippen molar-refractivity contribution in [2.45, 2.75) is 12.5 Å². The van der Waals surface area contributed by atoms with Gasteiger partial charge in [0.1, 0.15) is 0 Å². The van der Waals surface area contributed by atoms with Crippen molar-refractivity contribution >= 4 is 13.9 Å². The van der Waals surface area contributed by atoms with Crippen LogP contribution < -0.4 is 0 Å². The molecule has 2 rings (SSSR count). The van der Waals surface area contributed by atoms with Crippen molar-refractivity contribution in [1.29, 1.82) is 0 Å². The van der Waals surface area contributed by atoms with Crippen molar-refractivity contribution in [2.24, 2.45) is 5.92 Å². The normalized spacial score (nSPS) is 31.2. The van der Waals surface area contributed by atoms with Crippen LogP contribution in [0.25, 0.3) is 0 Å². The lowest BCUT2D eigenvalue weighted by molar-refractivity contribution is -0.143. The summed E-state index contributed by atoms with van der Waals surface area (Å²) < 4.78 is 9.82. The number of aliphatic hydroxyl groups excluding tert-OH is 1. The molecule has 0 aromatic carbocycles. The highest BCUT2D eigenvalue weighted by molar-refractivity contribution is 7.58. The van der Waals surface area contributed by atoms with E-state index in [2.05, 4.69) is 0 Å². The number of hydrogen-bond acceptors (Lipinski definition) is 4. The van der Waals surface area contributed by atoms with Crippen LogP contribution in [0.1, 0.15) is 6.42 Å². The Morgan fingerprint density at radius 2 is 2.38 bits per heavy atom. The molecule has 0 bridgehead atoms. The van der Waals surface area contributed by atoms with Crippen LogP contribution in [0.4, 0.5) is 0 Å². The van der Waals surface area contributed by atoms with E-state index in [0.29, 0.717) is 13.0 Å². The smallest absolute Gasteiger partial charge is 0.311 e. The Morgan fingerprint density at radius 1 is 1.62 bits per heavy atom. The number of rotatable bonds is 3. The van der Waals surface area contributed by atoms with E-state index in [-0.39, 0.29) is 19.8 Å². The first-order chi connectivity index (χ1) is 6.27. The number of aliphatic hydroxyl groups is 1. The van der Waals surface area contributed by atoms with Crippen molar-refractivity contribution in [3.8, 4) is 0 Å². The zero-order valence-electron chi connectivity index (χ0n) is 7.31. The molecule has 0 saturated carbocycles. The highest BCUT2D eigenvalue weighted by Crippen LogP contribution is 2.45. The number of cyclic esters (lactones) is 1. The first kappa shape index (κ1) is 9.38. The average Bonchev–Trinajstić information content (AvgIpc) is 2.43. The van der Waals surface area contributed by atoms with Gasteiger partial charge in [0.15, 0.2) is 0 Å². The number of hydrogen-bond donors (Lipinski definition) is 1. The molecule has 13 heavy (non-hydrogen) atoms. The highest BCUT2D eigenvalue weighted by Gasteiger charge is 2.35. The first-order valence-electron chi connectivity index (χ1n) is 4.42. The number of esters is 1. The van der Waals surface area contributed by atoms with Gasteiger partial charge < -0.3 is 14.6 Å².